The second-order valence-electron chi connectivity index (χ2n) is 4.19. The first-order valence-electron chi connectivity index (χ1n) is 6.60. The molecule has 0 atom stereocenters. The van der Waals surface area contributed by atoms with Gasteiger partial charge in [-0.1, -0.05) is 0 Å². The highest BCUT2D eigenvalue weighted by Crippen LogP contribution is 2.11. The van der Waals surface area contributed by atoms with Crippen molar-refractivity contribution in [2.45, 2.75) is 33.7 Å². The van der Waals surface area contributed by atoms with Gasteiger partial charge in [0.15, 0.2) is 6.61 Å². The predicted octanol–water partition coefficient (Wildman–Crippen LogP) is 1.07. The molecule has 0 radical (unpaired) electrons. The largest absolute Gasteiger partial charge is 0.463 e. The number of ether oxygens (including phenoxy) is 2. The average Bonchev–Trinajstić information content (AvgIpc) is 2.36. The molecule has 0 bridgehead atoms. The van der Waals surface area contributed by atoms with Crippen molar-refractivity contribution in [3.05, 3.63) is 0 Å². The number of carbonyl (C=O) groups excluding carboxylic acids is 1. The molecule has 0 aliphatic carbocycles. The van der Waals surface area contributed by atoms with Gasteiger partial charge in [0.1, 0.15) is 0 Å². The fourth-order valence-electron chi connectivity index (χ4n) is 1.31. The molecular formula is C12H21N5O3. The summed E-state index contributed by atoms with van der Waals surface area (Å²) in [6, 6.07) is 0.247. The van der Waals surface area contributed by atoms with Crippen LogP contribution in [0.5, 0.6) is 6.01 Å². The summed E-state index contributed by atoms with van der Waals surface area (Å²) in [5.74, 6) is 0.325. The van der Waals surface area contributed by atoms with Crippen molar-refractivity contribution in [2.24, 2.45) is 0 Å². The lowest BCUT2D eigenvalue weighted by Crippen LogP contribution is -2.18. The van der Waals surface area contributed by atoms with Crippen molar-refractivity contribution >= 4 is 17.9 Å². The van der Waals surface area contributed by atoms with E-state index in [2.05, 4.69) is 25.6 Å². The zero-order valence-electron chi connectivity index (χ0n) is 12.3. The maximum absolute atomic E-state index is 11.2. The van der Waals surface area contributed by atoms with E-state index in [4.69, 9.17) is 9.47 Å². The summed E-state index contributed by atoms with van der Waals surface area (Å²) in [6.07, 6.45) is 0. The summed E-state index contributed by atoms with van der Waals surface area (Å²) >= 11 is 0. The van der Waals surface area contributed by atoms with Crippen molar-refractivity contribution in [1.82, 2.24) is 15.0 Å². The maximum atomic E-state index is 11.2. The molecule has 112 valence electrons. The molecule has 0 saturated carbocycles. The molecule has 0 fully saturated rings. The van der Waals surface area contributed by atoms with Crippen molar-refractivity contribution in [3.8, 4) is 6.01 Å². The molecule has 8 nitrogen and oxygen atoms in total. The van der Waals surface area contributed by atoms with E-state index in [1.54, 1.807) is 6.92 Å². The highest BCUT2D eigenvalue weighted by Gasteiger charge is 2.10. The number of nitrogens with zero attached hydrogens (tertiary/aromatic N) is 3. The third-order valence-corrected chi connectivity index (χ3v) is 1.99. The Morgan fingerprint density at radius 3 is 2.50 bits per heavy atom. The zero-order valence-corrected chi connectivity index (χ0v) is 12.3. The van der Waals surface area contributed by atoms with E-state index in [1.165, 1.54) is 0 Å². The van der Waals surface area contributed by atoms with Crippen LogP contribution in [0.15, 0.2) is 0 Å². The van der Waals surface area contributed by atoms with Crippen LogP contribution in [0.1, 0.15) is 27.7 Å². The van der Waals surface area contributed by atoms with E-state index in [-0.39, 0.29) is 18.7 Å². The Hall–Kier alpha value is -2.12. The average molecular weight is 283 g/mol. The minimum absolute atomic E-state index is 0.0761. The topological polar surface area (TPSA) is 98.3 Å². The van der Waals surface area contributed by atoms with Crippen LogP contribution >= 0.6 is 0 Å². The van der Waals surface area contributed by atoms with Crippen LogP contribution < -0.4 is 15.4 Å². The summed E-state index contributed by atoms with van der Waals surface area (Å²) in [6.45, 7) is 8.34. The van der Waals surface area contributed by atoms with E-state index < -0.39 is 5.97 Å². The fourth-order valence-corrected chi connectivity index (χ4v) is 1.31. The molecule has 0 saturated heterocycles. The SMILES string of the molecule is CCNc1nc(NC(C)C)nc(OCC(=O)OCC)n1. The maximum Gasteiger partial charge on any atom is 0.344 e. The molecule has 0 unspecified atom stereocenters. The summed E-state index contributed by atoms with van der Waals surface area (Å²) in [4.78, 5) is 23.6. The van der Waals surface area contributed by atoms with Gasteiger partial charge >= 0.3 is 12.0 Å². The third kappa shape index (κ3) is 5.68. The quantitative estimate of drug-likeness (QED) is 0.683. The van der Waals surface area contributed by atoms with Crippen LogP contribution in [-0.4, -0.2) is 46.7 Å². The Labute approximate surface area is 118 Å². The fraction of sp³-hybridized carbons (Fsp3) is 0.667. The number of nitrogens with one attached hydrogen (secondary N) is 2. The number of aromatic nitrogens is 3. The lowest BCUT2D eigenvalue weighted by atomic mass is 10.4. The third-order valence-electron chi connectivity index (χ3n) is 1.99. The molecule has 1 aromatic rings. The Kier molecular flexibility index (Phi) is 6.48. The van der Waals surface area contributed by atoms with Crippen LogP contribution in [0.3, 0.4) is 0 Å². The van der Waals surface area contributed by atoms with Crippen molar-refractivity contribution < 1.29 is 14.3 Å². The van der Waals surface area contributed by atoms with Crippen molar-refractivity contribution in [3.63, 3.8) is 0 Å². The summed E-state index contributed by atoms with van der Waals surface area (Å²) in [7, 11) is 0. The van der Waals surface area contributed by atoms with Gasteiger partial charge in [-0.3, -0.25) is 0 Å². The van der Waals surface area contributed by atoms with Gasteiger partial charge in [-0.2, -0.15) is 15.0 Å². The molecule has 0 amide bonds. The molecular weight excluding hydrogens is 262 g/mol. The summed E-state index contributed by atoms with van der Waals surface area (Å²) in [5, 5.41) is 6.03. The van der Waals surface area contributed by atoms with Gasteiger partial charge in [-0.25, -0.2) is 4.79 Å². The number of hydrogen-bond acceptors (Lipinski definition) is 8. The van der Waals surface area contributed by atoms with Gasteiger partial charge in [0, 0.05) is 12.6 Å². The molecule has 0 aliphatic heterocycles. The summed E-state index contributed by atoms with van der Waals surface area (Å²) in [5.41, 5.74) is 0. The van der Waals surface area contributed by atoms with Gasteiger partial charge in [0.05, 0.1) is 6.61 Å². The number of carbonyl (C=O) groups is 1. The first-order chi connectivity index (χ1) is 9.55. The molecule has 8 heteroatoms. The molecule has 0 aliphatic rings. The lowest BCUT2D eigenvalue weighted by molar-refractivity contribution is -0.145. The second kappa shape index (κ2) is 8.13. The number of anilines is 2. The first kappa shape index (κ1) is 15.9. The second-order valence-corrected chi connectivity index (χ2v) is 4.19. The van der Waals surface area contributed by atoms with Gasteiger partial charge in [0.25, 0.3) is 0 Å². The molecule has 20 heavy (non-hydrogen) atoms. The minimum Gasteiger partial charge on any atom is -0.463 e. The van der Waals surface area contributed by atoms with Crippen molar-refractivity contribution in [1.29, 1.82) is 0 Å². The van der Waals surface area contributed by atoms with Crippen LogP contribution in [0.2, 0.25) is 0 Å². The predicted molar refractivity (Wildman–Crippen MR) is 74.9 cm³/mol. The molecule has 1 rings (SSSR count). The van der Waals surface area contributed by atoms with Crippen LogP contribution in [0.25, 0.3) is 0 Å². The lowest BCUT2D eigenvalue weighted by Gasteiger charge is -2.11. The smallest absolute Gasteiger partial charge is 0.344 e. The first-order valence-corrected chi connectivity index (χ1v) is 6.60. The highest BCUT2D eigenvalue weighted by atomic mass is 16.6. The molecule has 2 N–H and O–H groups in total. The van der Waals surface area contributed by atoms with Gasteiger partial charge in [-0.05, 0) is 27.7 Å². The summed E-state index contributed by atoms with van der Waals surface area (Å²) < 4.78 is 9.98. The minimum atomic E-state index is -0.462. The van der Waals surface area contributed by atoms with Gasteiger partial charge in [0.2, 0.25) is 11.9 Å². The van der Waals surface area contributed by atoms with Crippen LogP contribution in [0.4, 0.5) is 11.9 Å². The normalized spacial score (nSPS) is 10.2. The van der Waals surface area contributed by atoms with Gasteiger partial charge in [-0.15, -0.1) is 0 Å². The molecule has 1 aromatic heterocycles. The monoisotopic (exact) mass is 283 g/mol. The zero-order chi connectivity index (χ0) is 15.0. The van der Waals surface area contributed by atoms with E-state index in [1.807, 2.05) is 20.8 Å². The van der Waals surface area contributed by atoms with E-state index in [0.717, 1.165) is 0 Å². The van der Waals surface area contributed by atoms with Gasteiger partial charge < -0.3 is 20.1 Å². The molecule has 0 spiro atoms. The Morgan fingerprint density at radius 2 is 1.90 bits per heavy atom. The Bertz CT molecular complexity index is 439. The van der Waals surface area contributed by atoms with E-state index in [9.17, 15) is 4.79 Å². The number of hydrogen-bond donors (Lipinski definition) is 2. The molecule has 0 aromatic carbocycles. The Balaban J connectivity index is 2.77. The molecule has 1 heterocycles. The van der Waals surface area contributed by atoms with Crippen LogP contribution in [-0.2, 0) is 9.53 Å². The Morgan fingerprint density at radius 1 is 1.20 bits per heavy atom. The van der Waals surface area contributed by atoms with Crippen molar-refractivity contribution in [2.75, 3.05) is 30.4 Å². The standard InChI is InChI=1S/C12H21N5O3/c1-5-13-10-15-11(14-8(3)4)17-12(16-10)20-7-9(18)19-6-2/h8H,5-7H2,1-4H3,(H2,13,14,15,16,17). The highest BCUT2D eigenvalue weighted by molar-refractivity contribution is 5.70. The van der Waals surface area contributed by atoms with E-state index >= 15 is 0 Å². The van der Waals surface area contributed by atoms with Crippen LogP contribution in [0, 0.1) is 0 Å². The number of rotatable bonds is 8. The van der Waals surface area contributed by atoms with E-state index in [0.29, 0.717) is 25.0 Å². The number of esters is 1.